The molecule has 12 heavy (non-hydrogen) atoms. The van der Waals surface area contributed by atoms with Gasteiger partial charge < -0.3 is 5.32 Å². The maximum Gasteiger partial charge on any atom is 0.217 e. The molecule has 2 heteroatoms. The van der Waals surface area contributed by atoms with Gasteiger partial charge in [0.1, 0.15) is 0 Å². The predicted octanol–water partition coefficient (Wildman–Crippen LogP) is 1.31. The molecule has 0 saturated heterocycles. The fraction of sp³-hybridized carbons (Fsp3) is 0.700. The summed E-state index contributed by atoms with van der Waals surface area (Å²) in [5, 5.41) is 2.92. The lowest BCUT2D eigenvalue weighted by Crippen LogP contribution is -2.35. The van der Waals surface area contributed by atoms with Crippen LogP contribution < -0.4 is 5.32 Å². The molecule has 0 radical (unpaired) electrons. The van der Waals surface area contributed by atoms with Gasteiger partial charge in [-0.05, 0) is 25.7 Å². The Bertz CT molecular complexity index is 196. The highest BCUT2D eigenvalue weighted by Crippen LogP contribution is 2.23. The van der Waals surface area contributed by atoms with Gasteiger partial charge in [0.15, 0.2) is 0 Å². The highest BCUT2D eigenvalue weighted by Gasteiger charge is 2.19. The number of carbonyl (C=O) groups excluding carboxylic acids is 1. The Morgan fingerprint density at radius 2 is 2.00 bits per heavy atom. The molecule has 66 valence electrons. The van der Waals surface area contributed by atoms with Crippen molar-refractivity contribution < 1.29 is 4.79 Å². The minimum absolute atomic E-state index is 0.0687. The molecule has 1 aliphatic carbocycles. The molecular weight excluding hydrogens is 150 g/mol. The Balaban J connectivity index is 2.27. The summed E-state index contributed by atoms with van der Waals surface area (Å²) in [6, 6.07) is 0.368. The summed E-state index contributed by atoms with van der Waals surface area (Å²) in [5.41, 5.74) is 0. The van der Waals surface area contributed by atoms with E-state index in [0.29, 0.717) is 12.0 Å². The molecule has 1 rings (SSSR count). The average molecular weight is 165 g/mol. The van der Waals surface area contributed by atoms with E-state index in [1.807, 2.05) is 0 Å². The van der Waals surface area contributed by atoms with Crippen LogP contribution in [0.2, 0.25) is 0 Å². The van der Waals surface area contributed by atoms with Crippen molar-refractivity contribution in [1.29, 1.82) is 0 Å². The van der Waals surface area contributed by atoms with Crippen molar-refractivity contribution in [3.05, 3.63) is 0 Å². The van der Waals surface area contributed by atoms with Crippen LogP contribution in [0.15, 0.2) is 0 Å². The quantitative estimate of drug-likeness (QED) is 0.583. The third-order valence-corrected chi connectivity index (χ3v) is 2.37. The van der Waals surface area contributed by atoms with Crippen LogP contribution >= 0.6 is 0 Å². The summed E-state index contributed by atoms with van der Waals surface area (Å²) >= 11 is 0. The predicted molar refractivity (Wildman–Crippen MR) is 48.4 cm³/mol. The van der Waals surface area contributed by atoms with E-state index in [4.69, 9.17) is 6.42 Å². The molecule has 1 fully saturated rings. The van der Waals surface area contributed by atoms with Crippen molar-refractivity contribution in [3.8, 4) is 12.3 Å². The molecular formula is C10H15NO. The summed E-state index contributed by atoms with van der Waals surface area (Å²) in [6.45, 7) is 1.56. The highest BCUT2D eigenvalue weighted by atomic mass is 16.1. The number of carbonyl (C=O) groups is 1. The Morgan fingerprint density at radius 3 is 2.42 bits per heavy atom. The van der Waals surface area contributed by atoms with E-state index in [-0.39, 0.29) is 5.91 Å². The normalized spacial score (nSPS) is 29.0. The van der Waals surface area contributed by atoms with Gasteiger partial charge in [0.05, 0.1) is 0 Å². The van der Waals surface area contributed by atoms with Crippen LogP contribution in [0.4, 0.5) is 0 Å². The van der Waals surface area contributed by atoms with E-state index >= 15 is 0 Å². The van der Waals surface area contributed by atoms with Crippen molar-refractivity contribution in [3.63, 3.8) is 0 Å². The summed E-state index contributed by atoms with van der Waals surface area (Å²) in [4.78, 5) is 10.7. The van der Waals surface area contributed by atoms with E-state index < -0.39 is 0 Å². The van der Waals surface area contributed by atoms with Crippen molar-refractivity contribution in [2.45, 2.75) is 38.6 Å². The van der Waals surface area contributed by atoms with Crippen molar-refractivity contribution in [2.24, 2.45) is 5.92 Å². The van der Waals surface area contributed by atoms with Gasteiger partial charge in [0.25, 0.3) is 0 Å². The van der Waals surface area contributed by atoms with E-state index in [9.17, 15) is 4.79 Å². The fourth-order valence-corrected chi connectivity index (χ4v) is 1.69. The first kappa shape index (κ1) is 9.12. The van der Waals surface area contributed by atoms with Crippen LogP contribution in [0.1, 0.15) is 32.6 Å². The van der Waals surface area contributed by atoms with Crippen LogP contribution in [0.25, 0.3) is 0 Å². The Hall–Kier alpha value is -0.970. The molecule has 2 nitrogen and oxygen atoms in total. The van der Waals surface area contributed by atoms with Gasteiger partial charge in [-0.3, -0.25) is 4.79 Å². The molecule has 0 aliphatic heterocycles. The van der Waals surface area contributed by atoms with Crippen molar-refractivity contribution in [2.75, 3.05) is 0 Å². The zero-order valence-corrected chi connectivity index (χ0v) is 7.47. The largest absolute Gasteiger partial charge is 0.354 e. The van der Waals surface area contributed by atoms with E-state index in [1.54, 1.807) is 6.92 Å². The second kappa shape index (κ2) is 4.15. The minimum Gasteiger partial charge on any atom is -0.354 e. The molecule has 0 spiro atoms. The number of nitrogens with one attached hydrogen (secondary N) is 1. The summed E-state index contributed by atoms with van der Waals surface area (Å²) in [6.07, 6.45) is 9.50. The summed E-state index contributed by atoms with van der Waals surface area (Å²) < 4.78 is 0. The first-order valence-corrected chi connectivity index (χ1v) is 4.45. The standard InChI is InChI=1S/C10H15NO/c1-3-9-4-6-10(7-5-9)11-8(2)12/h1,9-10H,4-7H2,2H3,(H,11,12)/t9-,10-. The molecule has 1 saturated carbocycles. The molecule has 1 amide bonds. The van der Waals surface area contributed by atoms with Crippen LogP contribution in [-0.2, 0) is 4.79 Å². The molecule has 0 aromatic heterocycles. The molecule has 0 bridgehead atoms. The van der Waals surface area contributed by atoms with Crippen LogP contribution in [0, 0.1) is 18.3 Å². The van der Waals surface area contributed by atoms with Gasteiger partial charge in [0.2, 0.25) is 5.91 Å². The number of amides is 1. The average Bonchev–Trinajstić information content (AvgIpc) is 2.05. The molecule has 1 N–H and O–H groups in total. The molecule has 1 aliphatic rings. The molecule has 0 aromatic carbocycles. The zero-order chi connectivity index (χ0) is 8.97. The van der Waals surface area contributed by atoms with E-state index in [0.717, 1.165) is 25.7 Å². The maximum absolute atomic E-state index is 10.7. The molecule has 0 unspecified atom stereocenters. The Labute approximate surface area is 73.7 Å². The molecule has 0 atom stereocenters. The van der Waals surface area contributed by atoms with Gasteiger partial charge >= 0.3 is 0 Å². The number of terminal acetylenes is 1. The van der Waals surface area contributed by atoms with E-state index in [1.165, 1.54) is 0 Å². The maximum atomic E-state index is 10.7. The molecule has 0 aromatic rings. The monoisotopic (exact) mass is 165 g/mol. The topological polar surface area (TPSA) is 29.1 Å². The van der Waals surface area contributed by atoms with Crippen LogP contribution in [-0.4, -0.2) is 11.9 Å². The minimum atomic E-state index is 0.0687. The van der Waals surface area contributed by atoms with Gasteiger partial charge in [-0.2, -0.15) is 0 Å². The SMILES string of the molecule is C#C[C@H]1CC[C@H](NC(C)=O)CC1. The smallest absolute Gasteiger partial charge is 0.217 e. The van der Waals surface area contributed by atoms with Crippen LogP contribution in [0.3, 0.4) is 0 Å². The lowest BCUT2D eigenvalue weighted by atomic mass is 9.87. The Morgan fingerprint density at radius 1 is 1.42 bits per heavy atom. The summed E-state index contributed by atoms with van der Waals surface area (Å²) in [7, 11) is 0. The second-order valence-electron chi connectivity index (χ2n) is 3.42. The number of rotatable bonds is 1. The lowest BCUT2D eigenvalue weighted by Gasteiger charge is -2.25. The summed E-state index contributed by atoms with van der Waals surface area (Å²) in [5.74, 6) is 3.27. The van der Waals surface area contributed by atoms with Crippen molar-refractivity contribution >= 4 is 5.91 Å². The highest BCUT2D eigenvalue weighted by molar-refractivity contribution is 5.73. The third-order valence-electron chi connectivity index (χ3n) is 2.37. The zero-order valence-electron chi connectivity index (χ0n) is 7.47. The third kappa shape index (κ3) is 2.58. The molecule has 0 heterocycles. The van der Waals surface area contributed by atoms with Crippen LogP contribution in [0.5, 0.6) is 0 Å². The lowest BCUT2D eigenvalue weighted by molar-refractivity contribution is -0.119. The first-order valence-electron chi connectivity index (χ1n) is 4.45. The van der Waals surface area contributed by atoms with Crippen molar-refractivity contribution in [1.82, 2.24) is 5.32 Å². The number of hydrogen-bond donors (Lipinski definition) is 1. The fourth-order valence-electron chi connectivity index (χ4n) is 1.69. The van der Waals surface area contributed by atoms with Gasteiger partial charge in [-0.25, -0.2) is 0 Å². The van der Waals surface area contributed by atoms with E-state index in [2.05, 4.69) is 11.2 Å². The van der Waals surface area contributed by atoms with Gasteiger partial charge in [-0.15, -0.1) is 12.3 Å². The second-order valence-corrected chi connectivity index (χ2v) is 3.42. The van der Waals surface area contributed by atoms with Gasteiger partial charge in [-0.1, -0.05) is 0 Å². The first-order chi connectivity index (χ1) is 5.72. The Kier molecular flexibility index (Phi) is 3.16. The number of hydrogen-bond acceptors (Lipinski definition) is 1. The van der Waals surface area contributed by atoms with Gasteiger partial charge in [0, 0.05) is 18.9 Å².